The maximum absolute atomic E-state index is 13.0. The van der Waals surface area contributed by atoms with Crippen molar-refractivity contribution < 1.29 is 18.0 Å². The van der Waals surface area contributed by atoms with Gasteiger partial charge in [-0.25, -0.2) is 13.1 Å². The van der Waals surface area contributed by atoms with Crippen LogP contribution < -0.4 is 4.72 Å². The van der Waals surface area contributed by atoms with Gasteiger partial charge in [0.05, 0.1) is 11.8 Å². The van der Waals surface area contributed by atoms with E-state index in [0.717, 1.165) is 6.26 Å². The molecule has 0 bridgehead atoms. The van der Waals surface area contributed by atoms with Crippen molar-refractivity contribution in [1.82, 2.24) is 9.62 Å². The minimum absolute atomic E-state index is 0.176. The third-order valence-electron chi connectivity index (χ3n) is 4.67. The number of hydrogen-bond donors (Lipinski definition) is 1. The zero-order valence-corrected chi connectivity index (χ0v) is 17.0. The number of likely N-dealkylation sites (tertiary alicyclic amines) is 1. The SMILES string of the molecule is CS(=O)(=O)NC1CCN(C(=O)c2ccccc2C(=O)c2ccc(Cl)cc2)CC1. The molecule has 0 aromatic heterocycles. The highest BCUT2D eigenvalue weighted by atomic mass is 35.5. The first kappa shape index (κ1) is 20.5. The van der Waals surface area contributed by atoms with Crippen LogP contribution in [0.2, 0.25) is 5.02 Å². The van der Waals surface area contributed by atoms with Gasteiger partial charge in [-0.15, -0.1) is 0 Å². The van der Waals surface area contributed by atoms with Crippen LogP contribution in [0.5, 0.6) is 0 Å². The first-order valence-corrected chi connectivity index (χ1v) is 11.2. The van der Waals surface area contributed by atoms with Crippen molar-refractivity contribution in [1.29, 1.82) is 0 Å². The number of halogens is 1. The zero-order chi connectivity index (χ0) is 20.3. The number of nitrogens with one attached hydrogen (secondary N) is 1. The maximum atomic E-state index is 13.0. The van der Waals surface area contributed by atoms with Gasteiger partial charge in [0.25, 0.3) is 5.91 Å². The molecule has 2 aromatic rings. The third kappa shape index (κ3) is 4.98. The van der Waals surface area contributed by atoms with E-state index >= 15 is 0 Å². The van der Waals surface area contributed by atoms with Crippen molar-refractivity contribution >= 4 is 33.3 Å². The summed E-state index contributed by atoms with van der Waals surface area (Å²) in [4.78, 5) is 27.6. The van der Waals surface area contributed by atoms with Gasteiger partial charge in [0.1, 0.15) is 0 Å². The summed E-state index contributed by atoms with van der Waals surface area (Å²) in [6.45, 7) is 0.852. The molecular formula is C20H21ClN2O4S. The second kappa shape index (κ2) is 8.43. The number of nitrogens with zero attached hydrogens (tertiary/aromatic N) is 1. The summed E-state index contributed by atoms with van der Waals surface area (Å²) in [6, 6.07) is 13.1. The molecule has 2 aromatic carbocycles. The second-order valence-electron chi connectivity index (χ2n) is 6.84. The van der Waals surface area contributed by atoms with Crippen LogP contribution in [0.4, 0.5) is 0 Å². The molecule has 1 aliphatic rings. The summed E-state index contributed by atoms with van der Waals surface area (Å²) in [7, 11) is -3.27. The van der Waals surface area contributed by atoms with E-state index in [1.165, 1.54) is 0 Å². The van der Waals surface area contributed by atoms with Crippen molar-refractivity contribution in [2.75, 3.05) is 19.3 Å². The van der Waals surface area contributed by atoms with Gasteiger partial charge in [0, 0.05) is 35.3 Å². The summed E-state index contributed by atoms with van der Waals surface area (Å²) < 4.78 is 25.3. The van der Waals surface area contributed by atoms with E-state index in [2.05, 4.69) is 4.72 Å². The molecule has 0 atom stereocenters. The quantitative estimate of drug-likeness (QED) is 0.754. The number of rotatable bonds is 5. The third-order valence-corrected chi connectivity index (χ3v) is 5.68. The number of carbonyl (C=O) groups is 2. The van der Waals surface area contributed by atoms with Crippen LogP contribution in [-0.4, -0.2) is 50.4 Å². The molecule has 0 saturated carbocycles. The van der Waals surface area contributed by atoms with Crippen LogP contribution in [-0.2, 0) is 10.0 Å². The largest absolute Gasteiger partial charge is 0.339 e. The molecule has 0 aliphatic carbocycles. The van der Waals surface area contributed by atoms with Gasteiger partial charge in [-0.3, -0.25) is 9.59 Å². The molecule has 28 heavy (non-hydrogen) atoms. The molecule has 1 N–H and O–H groups in total. The monoisotopic (exact) mass is 420 g/mol. The van der Waals surface area contributed by atoms with Crippen molar-refractivity contribution in [2.45, 2.75) is 18.9 Å². The molecular weight excluding hydrogens is 400 g/mol. The molecule has 1 heterocycles. The molecule has 148 valence electrons. The van der Waals surface area contributed by atoms with Gasteiger partial charge in [0.15, 0.2) is 5.78 Å². The van der Waals surface area contributed by atoms with Gasteiger partial charge in [-0.05, 0) is 43.2 Å². The van der Waals surface area contributed by atoms with Gasteiger partial charge in [0.2, 0.25) is 10.0 Å². The van der Waals surface area contributed by atoms with Gasteiger partial charge >= 0.3 is 0 Å². The molecule has 3 rings (SSSR count). The van der Waals surface area contributed by atoms with E-state index in [-0.39, 0.29) is 17.7 Å². The van der Waals surface area contributed by atoms with Crippen LogP contribution in [0.3, 0.4) is 0 Å². The second-order valence-corrected chi connectivity index (χ2v) is 9.05. The lowest BCUT2D eigenvalue weighted by Crippen LogP contribution is -2.46. The molecule has 8 heteroatoms. The van der Waals surface area contributed by atoms with Crippen LogP contribution in [0.15, 0.2) is 48.5 Å². The van der Waals surface area contributed by atoms with Crippen LogP contribution in [0.25, 0.3) is 0 Å². The first-order chi connectivity index (χ1) is 13.2. The lowest BCUT2D eigenvalue weighted by molar-refractivity contribution is 0.0707. The zero-order valence-electron chi connectivity index (χ0n) is 15.4. The Kier molecular flexibility index (Phi) is 6.17. The fraction of sp³-hybridized carbons (Fsp3) is 0.300. The molecule has 0 spiro atoms. The lowest BCUT2D eigenvalue weighted by Gasteiger charge is -2.32. The summed E-state index contributed by atoms with van der Waals surface area (Å²) in [6.07, 6.45) is 2.20. The van der Waals surface area contributed by atoms with Crippen molar-refractivity contribution in [3.05, 3.63) is 70.2 Å². The Morgan fingerprint density at radius 2 is 1.57 bits per heavy atom. The Morgan fingerprint density at radius 1 is 1.00 bits per heavy atom. The molecule has 1 aliphatic heterocycles. The highest BCUT2D eigenvalue weighted by Crippen LogP contribution is 2.20. The van der Waals surface area contributed by atoms with Crippen molar-refractivity contribution in [2.24, 2.45) is 0 Å². The van der Waals surface area contributed by atoms with E-state index in [1.807, 2.05) is 0 Å². The number of hydrogen-bond acceptors (Lipinski definition) is 4. The fourth-order valence-electron chi connectivity index (χ4n) is 3.30. The first-order valence-electron chi connectivity index (χ1n) is 8.90. The van der Waals surface area contributed by atoms with Crippen LogP contribution in [0, 0.1) is 0 Å². The molecule has 1 saturated heterocycles. The van der Waals surface area contributed by atoms with Crippen molar-refractivity contribution in [3.63, 3.8) is 0 Å². The van der Waals surface area contributed by atoms with Crippen LogP contribution in [0.1, 0.15) is 39.1 Å². The Bertz CT molecular complexity index is 982. The number of amides is 1. The number of sulfonamides is 1. The molecule has 6 nitrogen and oxygen atoms in total. The summed E-state index contributed by atoms with van der Waals surface area (Å²) in [5, 5.41) is 0.534. The van der Waals surface area contributed by atoms with E-state index < -0.39 is 10.0 Å². The maximum Gasteiger partial charge on any atom is 0.254 e. The molecule has 1 fully saturated rings. The average molecular weight is 421 g/mol. The van der Waals surface area contributed by atoms with E-state index in [1.54, 1.807) is 53.4 Å². The van der Waals surface area contributed by atoms with Crippen LogP contribution >= 0.6 is 11.6 Å². The molecule has 0 unspecified atom stereocenters. The predicted octanol–water partition coefficient (Wildman–Crippen LogP) is 2.72. The topological polar surface area (TPSA) is 83.6 Å². The standard InChI is InChI=1S/C20H21ClN2O4S/c1-28(26,27)22-16-10-12-23(13-11-16)20(25)18-5-3-2-4-17(18)19(24)14-6-8-15(21)9-7-14/h2-9,16,22H,10-13H2,1H3. The lowest BCUT2D eigenvalue weighted by atomic mass is 9.96. The minimum Gasteiger partial charge on any atom is -0.339 e. The van der Waals surface area contributed by atoms with Crippen molar-refractivity contribution in [3.8, 4) is 0 Å². The van der Waals surface area contributed by atoms with Gasteiger partial charge in [-0.1, -0.05) is 29.8 Å². The highest BCUT2D eigenvalue weighted by molar-refractivity contribution is 7.88. The average Bonchev–Trinajstić information content (AvgIpc) is 2.67. The summed E-state index contributed by atoms with van der Waals surface area (Å²) >= 11 is 5.88. The summed E-state index contributed by atoms with van der Waals surface area (Å²) in [5.74, 6) is -0.468. The Balaban J connectivity index is 1.77. The molecule has 0 radical (unpaired) electrons. The number of ketones is 1. The minimum atomic E-state index is -3.27. The normalized spacial score (nSPS) is 15.4. The fourth-order valence-corrected chi connectivity index (χ4v) is 4.27. The smallest absolute Gasteiger partial charge is 0.254 e. The predicted molar refractivity (Wildman–Crippen MR) is 108 cm³/mol. The number of benzene rings is 2. The molecule has 1 amide bonds. The van der Waals surface area contributed by atoms with E-state index in [4.69, 9.17) is 11.6 Å². The Morgan fingerprint density at radius 3 is 2.14 bits per heavy atom. The van der Waals surface area contributed by atoms with Gasteiger partial charge < -0.3 is 4.90 Å². The van der Waals surface area contributed by atoms with Gasteiger partial charge in [-0.2, -0.15) is 0 Å². The van der Waals surface area contributed by atoms with E-state index in [0.29, 0.717) is 47.6 Å². The summed E-state index contributed by atoms with van der Waals surface area (Å²) in [5.41, 5.74) is 1.14. The number of carbonyl (C=O) groups excluding carboxylic acids is 2. The highest BCUT2D eigenvalue weighted by Gasteiger charge is 2.27. The Labute approximate surface area is 169 Å². The Hall–Kier alpha value is -2.22. The number of piperidine rings is 1. The van der Waals surface area contributed by atoms with E-state index in [9.17, 15) is 18.0 Å².